The van der Waals surface area contributed by atoms with Gasteiger partial charge in [-0.1, -0.05) is 11.8 Å². The van der Waals surface area contributed by atoms with Gasteiger partial charge in [0.05, 0.1) is 6.42 Å². The van der Waals surface area contributed by atoms with E-state index in [4.69, 9.17) is 19.3 Å². The topological polar surface area (TPSA) is 85.3 Å². The number of likely N-dealkylation sites (tertiary alicyclic amines) is 1. The number of hydrogen-bond acceptors (Lipinski definition) is 6. The van der Waals surface area contributed by atoms with Crippen LogP contribution >= 0.6 is 0 Å². The van der Waals surface area contributed by atoms with E-state index in [1.54, 1.807) is 20.8 Å². The number of aliphatic hydroxyl groups excluding tert-OH is 1. The van der Waals surface area contributed by atoms with Gasteiger partial charge < -0.3 is 19.3 Å². The maximum Gasteiger partial charge on any atom is 0.511 e. The van der Waals surface area contributed by atoms with Crippen LogP contribution in [0.25, 0.3) is 0 Å². The zero-order chi connectivity index (χ0) is 15.7. The summed E-state index contributed by atoms with van der Waals surface area (Å²) in [6.07, 6.45) is -1.57. The average Bonchev–Trinajstić information content (AvgIpc) is 2.33. The molecule has 2 fully saturated rings. The maximum absolute atomic E-state index is 12.1. The molecule has 2 saturated heterocycles. The summed E-state index contributed by atoms with van der Waals surface area (Å²) in [7, 11) is 0. The number of carbonyl (C=O) groups excluding carboxylic acids is 2. The number of piperidine rings is 1. The number of amides is 1. The summed E-state index contributed by atoms with van der Waals surface area (Å²) in [6, 6.07) is 0. The molecule has 0 aromatic carbocycles. The molecule has 0 aromatic heterocycles. The van der Waals surface area contributed by atoms with Crippen LogP contribution in [0.2, 0.25) is 0 Å². The molecule has 0 aromatic rings. The fraction of sp³-hybridized carbons (Fsp3) is 0.714. The van der Waals surface area contributed by atoms with Gasteiger partial charge in [0.15, 0.2) is 11.8 Å². The molecule has 2 atom stereocenters. The van der Waals surface area contributed by atoms with Gasteiger partial charge in [-0.25, -0.2) is 9.59 Å². The van der Waals surface area contributed by atoms with Crippen molar-refractivity contribution in [2.45, 2.75) is 51.0 Å². The lowest BCUT2D eigenvalue weighted by molar-refractivity contribution is -0.163. The molecule has 2 aliphatic heterocycles. The molecule has 21 heavy (non-hydrogen) atoms. The molecule has 2 rings (SSSR count). The number of ether oxygens (including phenoxy) is 3. The lowest BCUT2D eigenvalue weighted by atomic mass is 9.90. The predicted octanol–water partition coefficient (Wildman–Crippen LogP) is 1.24. The Balaban J connectivity index is 2.14. The van der Waals surface area contributed by atoms with Gasteiger partial charge in [-0.3, -0.25) is 4.90 Å². The molecule has 0 saturated carbocycles. The van der Waals surface area contributed by atoms with Crippen molar-refractivity contribution in [1.29, 1.82) is 0 Å². The molecule has 1 amide bonds. The highest BCUT2D eigenvalue weighted by Crippen LogP contribution is 2.35. The fourth-order valence-electron chi connectivity index (χ4n) is 2.30. The Morgan fingerprint density at radius 2 is 2.29 bits per heavy atom. The summed E-state index contributed by atoms with van der Waals surface area (Å²) < 4.78 is 15.5. The molecular formula is C14H19NO6. The van der Waals surface area contributed by atoms with E-state index in [1.165, 1.54) is 4.90 Å². The minimum absolute atomic E-state index is 0.241. The molecule has 2 heterocycles. The Morgan fingerprint density at radius 1 is 1.57 bits per heavy atom. The highest BCUT2D eigenvalue weighted by molar-refractivity contribution is 5.70. The molecule has 2 bridgehead atoms. The van der Waals surface area contributed by atoms with Gasteiger partial charge in [-0.15, -0.1) is 0 Å². The third-order valence-electron chi connectivity index (χ3n) is 3.14. The zero-order valence-corrected chi connectivity index (χ0v) is 12.3. The molecule has 7 nitrogen and oxygen atoms in total. The quantitative estimate of drug-likeness (QED) is 0.535. The van der Waals surface area contributed by atoms with Gasteiger partial charge in [-0.2, -0.15) is 0 Å². The van der Waals surface area contributed by atoms with Crippen molar-refractivity contribution in [2.75, 3.05) is 13.2 Å². The first-order chi connectivity index (χ1) is 9.75. The predicted molar refractivity (Wildman–Crippen MR) is 71.1 cm³/mol. The lowest BCUT2D eigenvalue weighted by Gasteiger charge is -2.45. The Kier molecular flexibility index (Phi) is 4.01. The van der Waals surface area contributed by atoms with E-state index in [0.29, 0.717) is 13.0 Å². The van der Waals surface area contributed by atoms with Crippen molar-refractivity contribution in [2.24, 2.45) is 0 Å². The first-order valence-electron chi connectivity index (χ1n) is 6.75. The molecule has 1 N–H and O–H groups in total. The summed E-state index contributed by atoms with van der Waals surface area (Å²) in [5, 5.41) is 8.79. The average molecular weight is 297 g/mol. The minimum Gasteiger partial charge on any atom is -0.444 e. The van der Waals surface area contributed by atoms with Crippen LogP contribution in [-0.4, -0.2) is 52.8 Å². The number of nitrogens with zero attached hydrogens (tertiary/aromatic N) is 1. The maximum atomic E-state index is 12.1. The van der Waals surface area contributed by atoms with E-state index in [2.05, 4.69) is 11.8 Å². The van der Waals surface area contributed by atoms with Crippen LogP contribution in [-0.2, 0) is 14.2 Å². The Labute approximate surface area is 123 Å². The van der Waals surface area contributed by atoms with E-state index in [0.717, 1.165) is 0 Å². The van der Waals surface area contributed by atoms with Crippen LogP contribution in [0.3, 0.4) is 0 Å². The molecular weight excluding hydrogens is 278 g/mol. The fourth-order valence-corrected chi connectivity index (χ4v) is 2.30. The van der Waals surface area contributed by atoms with Gasteiger partial charge in [0.25, 0.3) is 0 Å². The Hall–Kier alpha value is -1.94. The third-order valence-corrected chi connectivity index (χ3v) is 3.14. The Morgan fingerprint density at radius 3 is 2.90 bits per heavy atom. The standard InChI is InChI=1S/C14H19NO6/c1-13(2,3)20-11(17)15-7-6-14(5-4-8-16)9-10(15)19-12(18)21-14/h10,16H,6-9H2,1-3H3. The molecule has 116 valence electrons. The molecule has 0 spiro atoms. The lowest BCUT2D eigenvalue weighted by Crippen LogP contribution is -2.59. The molecule has 2 aliphatic rings. The van der Waals surface area contributed by atoms with Gasteiger partial charge in [-0.05, 0) is 20.8 Å². The largest absolute Gasteiger partial charge is 0.511 e. The number of carbonyl (C=O) groups is 2. The Bertz CT molecular complexity index is 500. The van der Waals surface area contributed by atoms with Crippen LogP contribution in [0.1, 0.15) is 33.6 Å². The first-order valence-corrected chi connectivity index (χ1v) is 6.75. The second-order valence-electron chi connectivity index (χ2n) is 6.01. The summed E-state index contributed by atoms with van der Waals surface area (Å²) in [5.41, 5.74) is -1.63. The van der Waals surface area contributed by atoms with Crippen molar-refractivity contribution < 1.29 is 28.9 Å². The molecule has 0 aliphatic carbocycles. The van der Waals surface area contributed by atoms with Crippen LogP contribution in [0.5, 0.6) is 0 Å². The van der Waals surface area contributed by atoms with Crippen LogP contribution in [0, 0.1) is 11.8 Å². The summed E-state index contributed by atoms with van der Waals surface area (Å²) in [6.45, 7) is 5.28. The van der Waals surface area contributed by atoms with Crippen molar-refractivity contribution in [3.05, 3.63) is 0 Å². The monoisotopic (exact) mass is 297 g/mol. The molecule has 0 radical (unpaired) electrons. The van der Waals surface area contributed by atoms with Crippen LogP contribution in [0.4, 0.5) is 9.59 Å². The van der Waals surface area contributed by atoms with E-state index in [9.17, 15) is 9.59 Å². The van der Waals surface area contributed by atoms with E-state index >= 15 is 0 Å². The highest BCUT2D eigenvalue weighted by atomic mass is 16.8. The summed E-state index contributed by atoms with van der Waals surface area (Å²) in [4.78, 5) is 25.0. The summed E-state index contributed by atoms with van der Waals surface area (Å²) >= 11 is 0. The van der Waals surface area contributed by atoms with E-state index < -0.39 is 29.7 Å². The van der Waals surface area contributed by atoms with Crippen LogP contribution < -0.4 is 0 Å². The second kappa shape index (κ2) is 5.45. The van der Waals surface area contributed by atoms with E-state index in [1.807, 2.05) is 0 Å². The van der Waals surface area contributed by atoms with Crippen molar-refractivity contribution in [3.63, 3.8) is 0 Å². The SMILES string of the molecule is CC(C)(C)OC(=O)N1CCC2(C#CCO)CC1OC(=O)O2. The highest BCUT2D eigenvalue weighted by Gasteiger charge is 2.50. The van der Waals surface area contributed by atoms with Crippen molar-refractivity contribution >= 4 is 12.2 Å². The minimum atomic E-state index is -0.999. The zero-order valence-electron chi connectivity index (χ0n) is 12.3. The number of aliphatic hydroxyl groups is 1. The van der Waals surface area contributed by atoms with Crippen molar-refractivity contribution in [1.82, 2.24) is 4.90 Å². The number of rotatable bonds is 0. The third kappa shape index (κ3) is 3.58. The smallest absolute Gasteiger partial charge is 0.444 e. The van der Waals surface area contributed by atoms with Gasteiger partial charge in [0.1, 0.15) is 12.2 Å². The van der Waals surface area contributed by atoms with Gasteiger partial charge in [0, 0.05) is 13.0 Å². The van der Waals surface area contributed by atoms with Crippen LogP contribution in [0.15, 0.2) is 0 Å². The van der Waals surface area contributed by atoms with Gasteiger partial charge in [0.2, 0.25) is 0 Å². The number of hydrogen-bond donors (Lipinski definition) is 1. The van der Waals surface area contributed by atoms with Crippen molar-refractivity contribution in [3.8, 4) is 11.8 Å². The van der Waals surface area contributed by atoms with Gasteiger partial charge >= 0.3 is 12.2 Å². The molecule has 2 unspecified atom stereocenters. The molecule has 7 heteroatoms. The second-order valence-corrected chi connectivity index (χ2v) is 6.01. The normalized spacial score (nSPS) is 27.9. The summed E-state index contributed by atoms with van der Waals surface area (Å²) in [5.74, 6) is 5.26. The number of fused-ring (bicyclic) bond motifs is 2. The first kappa shape index (κ1) is 15.4. The van der Waals surface area contributed by atoms with E-state index in [-0.39, 0.29) is 13.0 Å².